The number of hydrogen-bond donors (Lipinski definition) is 7. The number of aliphatic carboxylic acids is 1. The predicted octanol–water partition coefficient (Wildman–Crippen LogP) is -2.12. The van der Waals surface area contributed by atoms with E-state index in [1.54, 1.807) is 13.8 Å². The van der Waals surface area contributed by atoms with E-state index in [0.717, 1.165) is 0 Å². The van der Waals surface area contributed by atoms with Gasteiger partial charge in [-0.15, -0.1) is 0 Å². The van der Waals surface area contributed by atoms with Crippen molar-refractivity contribution in [1.29, 1.82) is 0 Å². The molecule has 0 aliphatic carbocycles. The number of carbonyl (C=O) groups is 4. The topological polar surface area (TPSA) is 200 Å². The largest absolute Gasteiger partial charge is 0.480 e. The molecule has 0 aliphatic rings. The number of carboxylic acids is 1. The van der Waals surface area contributed by atoms with Crippen LogP contribution in [-0.4, -0.2) is 74.6 Å². The molecule has 0 saturated heterocycles. The monoisotopic (exact) mass is 426 g/mol. The van der Waals surface area contributed by atoms with Crippen LogP contribution in [0.25, 0.3) is 0 Å². The van der Waals surface area contributed by atoms with Gasteiger partial charge in [-0.2, -0.15) is 0 Å². The molecule has 8 N–H and O–H groups in total. The highest BCUT2D eigenvalue weighted by Crippen LogP contribution is 2.06. The number of aromatic amines is 1. The highest BCUT2D eigenvalue weighted by molar-refractivity contribution is 5.94. The highest BCUT2D eigenvalue weighted by Gasteiger charge is 2.30. The summed E-state index contributed by atoms with van der Waals surface area (Å²) in [5.41, 5.74) is 6.08. The molecule has 12 heteroatoms. The number of rotatable bonds is 12. The molecule has 0 radical (unpaired) electrons. The van der Waals surface area contributed by atoms with Crippen LogP contribution in [0.1, 0.15) is 32.9 Å². The van der Waals surface area contributed by atoms with Crippen LogP contribution in [0.15, 0.2) is 12.5 Å². The zero-order valence-corrected chi connectivity index (χ0v) is 17.2. The van der Waals surface area contributed by atoms with Crippen LogP contribution >= 0.6 is 0 Å². The van der Waals surface area contributed by atoms with E-state index >= 15 is 0 Å². The number of aromatic nitrogens is 2. The van der Waals surface area contributed by atoms with E-state index in [-0.39, 0.29) is 18.8 Å². The summed E-state index contributed by atoms with van der Waals surface area (Å²) in [5.74, 6) is -3.40. The second-order valence-electron chi connectivity index (χ2n) is 7.40. The lowest BCUT2D eigenvalue weighted by atomic mass is 10.0. The van der Waals surface area contributed by atoms with Gasteiger partial charge in [0.15, 0.2) is 0 Å². The molecule has 3 amide bonds. The first kappa shape index (κ1) is 25.0. The highest BCUT2D eigenvalue weighted by atomic mass is 16.4. The molecule has 0 spiro atoms. The fourth-order valence-corrected chi connectivity index (χ4v) is 2.56. The normalized spacial score (nSPS) is 15.0. The van der Waals surface area contributed by atoms with Gasteiger partial charge in [0.25, 0.3) is 0 Å². The van der Waals surface area contributed by atoms with Crippen LogP contribution in [-0.2, 0) is 25.6 Å². The first-order valence-corrected chi connectivity index (χ1v) is 9.52. The third-order valence-electron chi connectivity index (χ3n) is 4.16. The molecule has 1 heterocycles. The van der Waals surface area contributed by atoms with Crippen LogP contribution in [0.4, 0.5) is 0 Å². The molecule has 0 fully saturated rings. The molecule has 4 unspecified atom stereocenters. The van der Waals surface area contributed by atoms with Crippen molar-refractivity contribution < 1.29 is 29.4 Å². The third kappa shape index (κ3) is 8.17. The number of amides is 3. The number of aliphatic hydroxyl groups excluding tert-OH is 1. The van der Waals surface area contributed by atoms with Crippen LogP contribution in [0.5, 0.6) is 0 Å². The van der Waals surface area contributed by atoms with E-state index < -0.39 is 54.5 Å². The number of carboxylic acid groups (broad SMARTS) is 1. The van der Waals surface area contributed by atoms with Crippen molar-refractivity contribution in [2.24, 2.45) is 11.7 Å². The summed E-state index contributed by atoms with van der Waals surface area (Å²) >= 11 is 0. The fraction of sp³-hybridized carbons (Fsp3) is 0.611. The average molecular weight is 426 g/mol. The van der Waals surface area contributed by atoms with E-state index in [1.807, 2.05) is 0 Å². The van der Waals surface area contributed by atoms with Crippen LogP contribution in [0.3, 0.4) is 0 Å². The number of carbonyl (C=O) groups excluding carboxylic acids is 3. The molecule has 0 aromatic carbocycles. The van der Waals surface area contributed by atoms with Crippen molar-refractivity contribution in [3.05, 3.63) is 18.2 Å². The minimum atomic E-state index is -1.40. The van der Waals surface area contributed by atoms with Gasteiger partial charge in [-0.05, 0) is 19.3 Å². The average Bonchev–Trinajstić information content (AvgIpc) is 3.17. The first-order chi connectivity index (χ1) is 14.0. The summed E-state index contributed by atoms with van der Waals surface area (Å²) in [5, 5.41) is 25.9. The molecule has 168 valence electrons. The standard InChI is InChI=1S/C18H30N6O6/c1-9(2)4-13(18(29)30)23-17(28)14(7-25)24-16(27)12(22-15(26)10(3)19)5-11-6-20-8-21-11/h6,8-10,12-14,25H,4-5,7,19H2,1-3H3,(H,20,21)(H,22,26)(H,23,28)(H,24,27)(H,29,30). The van der Waals surface area contributed by atoms with Gasteiger partial charge >= 0.3 is 5.97 Å². The van der Waals surface area contributed by atoms with Gasteiger partial charge in [-0.1, -0.05) is 13.8 Å². The van der Waals surface area contributed by atoms with Crippen molar-refractivity contribution >= 4 is 23.7 Å². The predicted molar refractivity (Wildman–Crippen MR) is 106 cm³/mol. The summed E-state index contributed by atoms with van der Waals surface area (Å²) in [6.07, 6.45) is 3.09. The molecular formula is C18H30N6O6. The Balaban J connectivity index is 2.87. The maximum absolute atomic E-state index is 12.7. The Morgan fingerprint density at radius 1 is 1.03 bits per heavy atom. The number of nitrogens with zero attached hydrogens (tertiary/aromatic N) is 1. The Hall–Kier alpha value is -2.99. The smallest absolute Gasteiger partial charge is 0.326 e. The van der Waals surface area contributed by atoms with E-state index in [2.05, 4.69) is 25.9 Å². The summed E-state index contributed by atoms with van der Waals surface area (Å²) in [7, 11) is 0. The lowest BCUT2D eigenvalue weighted by Crippen LogP contribution is -2.58. The summed E-state index contributed by atoms with van der Waals surface area (Å²) in [4.78, 5) is 55.0. The summed E-state index contributed by atoms with van der Waals surface area (Å²) < 4.78 is 0. The number of hydrogen-bond acceptors (Lipinski definition) is 7. The van der Waals surface area contributed by atoms with Crippen molar-refractivity contribution in [1.82, 2.24) is 25.9 Å². The Labute approximate surface area is 174 Å². The Bertz CT molecular complexity index is 721. The molecule has 1 aromatic rings. The zero-order chi connectivity index (χ0) is 22.8. The maximum Gasteiger partial charge on any atom is 0.326 e. The lowest BCUT2D eigenvalue weighted by Gasteiger charge is -2.24. The number of H-pyrrole nitrogens is 1. The van der Waals surface area contributed by atoms with Crippen molar-refractivity contribution in [2.45, 2.75) is 57.8 Å². The molecule has 30 heavy (non-hydrogen) atoms. The van der Waals surface area contributed by atoms with Crippen molar-refractivity contribution in [3.63, 3.8) is 0 Å². The van der Waals surface area contributed by atoms with E-state index in [0.29, 0.717) is 5.69 Å². The number of nitrogens with two attached hydrogens (primary N) is 1. The van der Waals surface area contributed by atoms with Gasteiger partial charge in [0.05, 0.1) is 19.0 Å². The van der Waals surface area contributed by atoms with Gasteiger partial charge in [-0.3, -0.25) is 14.4 Å². The molecular weight excluding hydrogens is 396 g/mol. The molecule has 4 atom stereocenters. The minimum Gasteiger partial charge on any atom is -0.480 e. The second-order valence-corrected chi connectivity index (χ2v) is 7.40. The molecule has 1 rings (SSSR count). The van der Waals surface area contributed by atoms with Crippen molar-refractivity contribution in [3.8, 4) is 0 Å². The van der Waals surface area contributed by atoms with Crippen LogP contribution in [0.2, 0.25) is 0 Å². The summed E-state index contributed by atoms with van der Waals surface area (Å²) in [6.45, 7) is 4.29. The fourth-order valence-electron chi connectivity index (χ4n) is 2.56. The number of nitrogens with one attached hydrogen (secondary N) is 4. The second kappa shape index (κ2) is 11.9. The maximum atomic E-state index is 12.7. The van der Waals surface area contributed by atoms with Gasteiger partial charge in [-0.25, -0.2) is 9.78 Å². The molecule has 1 aromatic heterocycles. The van der Waals surface area contributed by atoms with Gasteiger partial charge in [0.1, 0.15) is 18.1 Å². The number of aliphatic hydroxyl groups is 1. The van der Waals surface area contributed by atoms with Crippen LogP contribution < -0.4 is 21.7 Å². The van der Waals surface area contributed by atoms with Gasteiger partial charge in [0, 0.05) is 18.3 Å². The quantitative estimate of drug-likeness (QED) is 0.196. The molecule has 0 saturated carbocycles. The number of imidazole rings is 1. The lowest BCUT2D eigenvalue weighted by molar-refractivity contribution is -0.143. The Morgan fingerprint density at radius 2 is 1.60 bits per heavy atom. The SMILES string of the molecule is CC(C)CC(NC(=O)C(CO)NC(=O)C(Cc1cnc[nH]1)NC(=O)C(C)N)C(=O)O. The zero-order valence-electron chi connectivity index (χ0n) is 17.2. The van der Waals surface area contributed by atoms with E-state index in [4.69, 9.17) is 5.73 Å². The van der Waals surface area contributed by atoms with Crippen LogP contribution in [0, 0.1) is 5.92 Å². The van der Waals surface area contributed by atoms with E-state index in [9.17, 15) is 29.4 Å². The third-order valence-corrected chi connectivity index (χ3v) is 4.16. The molecule has 0 aliphatic heterocycles. The van der Waals surface area contributed by atoms with Gasteiger partial charge < -0.3 is 36.9 Å². The first-order valence-electron chi connectivity index (χ1n) is 9.52. The minimum absolute atomic E-state index is 0.000758. The van der Waals surface area contributed by atoms with E-state index in [1.165, 1.54) is 19.4 Å². The Kier molecular flexibility index (Phi) is 9.92. The van der Waals surface area contributed by atoms with Gasteiger partial charge in [0.2, 0.25) is 17.7 Å². The molecule has 12 nitrogen and oxygen atoms in total. The Morgan fingerprint density at radius 3 is 2.07 bits per heavy atom. The van der Waals surface area contributed by atoms with Crippen molar-refractivity contribution in [2.75, 3.05) is 6.61 Å². The molecule has 0 bridgehead atoms. The summed E-state index contributed by atoms with van der Waals surface area (Å²) in [6, 6.07) is -4.53.